The highest BCUT2D eigenvalue weighted by molar-refractivity contribution is 9.09. The van der Waals surface area contributed by atoms with Crippen LogP contribution in [0.25, 0.3) is 0 Å². The van der Waals surface area contributed by atoms with Gasteiger partial charge in [0, 0.05) is 61.1 Å². The molecule has 5 nitrogen and oxygen atoms in total. The molecule has 6 aliphatic rings. The predicted molar refractivity (Wildman–Crippen MR) is 220 cm³/mol. The molecule has 3 N–H and O–H groups in total. The lowest BCUT2D eigenvalue weighted by atomic mass is 9.56. The van der Waals surface area contributed by atoms with Crippen molar-refractivity contribution in [3.05, 3.63) is 144 Å². The number of piperidine rings is 6. The van der Waals surface area contributed by atoms with Gasteiger partial charge in [-0.1, -0.05) is 137 Å². The summed E-state index contributed by atoms with van der Waals surface area (Å²) in [5.41, 5.74) is 2.08. The Bertz CT molecular complexity index is 1590. The van der Waals surface area contributed by atoms with Gasteiger partial charge in [0.1, 0.15) is 17.7 Å². The van der Waals surface area contributed by atoms with Crippen molar-refractivity contribution in [2.45, 2.75) is 56.1 Å². The van der Waals surface area contributed by atoms with Gasteiger partial charge in [0.25, 0.3) is 0 Å². The maximum atomic E-state index is 12.3. The normalized spacial score (nSPS) is 27.0. The molecule has 0 aromatic heterocycles. The SMILES string of the molecule is Br.OC(c1ccccc1)(c1ccccc1)C12CC[N+](CCCBr)(CC1)CC2.OCC[N+]12CCC(C(O)(c3ccccc3)c3ccccc3)(CC1)CC2.[Br-].[Br-]. The Balaban J connectivity index is 0.000000228. The molecule has 0 saturated carbocycles. The van der Waals surface area contributed by atoms with Crippen LogP contribution in [0.5, 0.6) is 0 Å². The summed E-state index contributed by atoms with van der Waals surface area (Å²) in [4.78, 5) is 0. The molecule has 4 bridgehead atoms. The molecule has 10 rings (SSSR count). The largest absolute Gasteiger partial charge is 1.00 e. The van der Waals surface area contributed by atoms with Gasteiger partial charge >= 0.3 is 0 Å². The van der Waals surface area contributed by atoms with Crippen molar-refractivity contribution in [1.29, 1.82) is 0 Å². The van der Waals surface area contributed by atoms with Crippen LogP contribution < -0.4 is 34.0 Å². The summed E-state index contributed by atoms with van der Waals surface area (Å²) in [6.45, 7) is 9.17. The average molecular weight is 995 g/mol. The van der Waals surface area contributed by atoms with Gasteiger partial charge in [0.05, 0.1) is 52.4 Å². The van der Waals surface area contributed by atoms with Crippen molar-refractivity contribution >= 4 is 32.9 Å². The third-order valence-electron chi connectivity index (χ3n) is 14.0. The van der Waals surface area contributed by atoms with Crippen LogP contribution >= 0.6 is 32.9 Å². The summed E-state index contributed by atoms with van der Waals surface area (Å²) in [5.74, 6) is 0. The van der Waals surface area contributed by atoms with Gasteiger partial charge in [-0.3, -0.25) is 0 Å². The summed E-state index contributed by atoms with van der Waals surface area (Å²) < 4.78 is 2.28. The number of alkyl halides is 1. The van der Waals surface area contributed by atoms with Gasteiger partial charge in [-0.2, -0.15) is 0 Å². The number of nitrogens with zero attached hydrogens (tertiary/aromatic N) is 2. The maximum absolute atomic E-state index is 12.3. The number of hydrogen-bond donors (Lipinski definition) is 3. The fourth-order valence-electron chi connectivity index (χ4n) is 10.8. The molecular formula is C45H58Br4N2O3. The fraction of sp³-hybridized carbons (Fsp3) is 0.467. The van der Waals surface area contributed by atoms with Crippen molar-refractivity contribution in [3.8, 4) is 0 Å². The number of hydrogen-bond acceptors (Lipinski definition) is 3. The van der Waals surface area contributed by atoms with E-state index in [1.54, 1.807) is 0 Å². The Morgan fingerprint density at radius 2 is 0.741 bits per heavy atom. The highest BCUT2D eigenvalue weighted by Gasteiger charge is 2.61. The first-order valence-electron chi connectivity index (χ1n) is 19.3. The maximum Gasteiger partial charge on any atom is 0.121 e. The number of quaternary nitrogens is 2. The average Bonchev–Trinajstić information content (AvgIpc) is 3.22. The van der Waals surface area contributed by atoms with E-state index in [0.29, 0.717) is 0 Å². The lowest BCUT2D eigenvalue weighted by Gasteiger charge is -2.60. The summed E-state index contributed by atoms with van der Waals surface area (Å²) in [6, 6.07) is 41.1. The number of rotatable bonds is 11. The van der Waals surface area contributed by atoms with Crippen LogP contribution in [-0.2, 0) is 11.2 Å². The van der Waals surface area contributed by atoms with Gasteiger partial charge in [0.15, 0.2) is 0 Å². The number of benzene rings is 4. The van der Waals surface area contributed by atoms with Gasteiger partial charge in [0.2, 0.25) is 0 Å². The molecule has 6 saturated heterocycles. The molecule has 294 valence electrons. The molecule has 0 amide bonds. The zero-order valence-electron chi connectivity index (χ0n) is 31.3. The molecule has 0 unspecified atom stereocenters. The smallest absolute Gasteiger partial charge is 0.121 e. The summed E-state index contributed by atoms with van der Waals surface area (Å²) in [6.07, 6.45) is 7.59. The second-order valence-electron chi connectivity index (χ2n) is 16.2. The van der Waals surface area contributed by atoms with Gasteiger partial charge in [-0.15, -0.1) is 17.0 Å². The van der Waals surface area contributed by atoms with E-state index in [1.165, 1.54) is 37.1 Å². The molecule has 0 atom stereocenters. The Kier molecular flexibility index (Phi) is 15.9. The van der Waals surface area contributed by atoms with Crippen molar-refractivity contribution in [3.63, 3.8) is 0 Å². The fourth-order valence-corrected chi connectivity index (χ4v) is 11.0. The zero-order chi connectivity index (χ0) is 35.5. The molecule has 6 fully saturated rings. The van der Waals surface area contributed by atoms with Crippen molar-refractivity contribution in [2.75, 3.05) is 64.3 Å². The van der Waals surface area contributed by atoms with E-state index in [2.05, 4.69) is 88.7 Å². The predicted octanol–water partition coefficient (Wildman–Crippen LogP) is 2.21. The molecule has 0 radical (unpaired) electrons. The summed E-state index contributed by atoms with van der Waals surface area (Å²) in [7, 11) is 0. The van der Waals surface area contributed by atoms with Crippen molar-refractivity contribution in [1.82, 2.24) is 0 Å². The monoisotopic (exact) mass is 990 g/mol. The first kappa shape index (κ1) is 45.3. The van der Waals surface area contributed by atoms with E-state index < -0.39 is 11.2 Å². The van der Waals surface area contributed by atoms with Crippen LogP contribution in [0, 0.1) is 10.8 Å². The van der Waals surface area contributed by atoms with Crippen molar-refractivity contribution in [2.24, 2.45) is 10.8 Å². The minimum atomic E-state index is -0.953. The molecule has 0 spiro atoms. The standard InChI is InChI=1S/C23H29BrNO.C22H28NO2.3BrH/c24-15-7-16-25-17-12-22(13-18-25,14-19-25)23(26,20-8-3-1-4-9-20)21-10-5-2-6-11-21;24-18-17-23-14-11-21(12-15-23,13-16-23)22(25,19-7-3-1-4-8-19)20-9-5-2-6-10-20;;;/h1-6,8-11,26H,7,12-19H2;1-10,24-25H,11-18H2;3*1H/q2*+1;;;/p-2. The molecule has 4 aromatic rings. The minimum Gasteiger partial charge on any atom is -1.00 e. The van der Waals surface area contributed by atoms with Crippen LogP contribution in [-0.4, -0.2) is 88.6 Å². The van der Waals surface area contributed by atoms with Gasteiger partial charge in [-0.25, -0.2) is 0 Å². The topological polar surface area (TPSA) is 60.7 Å². The Hall–Kier alpha value is -1.40. The van der Waals surface area contributed by atoms with Gasteiger partial charge < -0.3 is 58.2 Å². The first-order chi connectivity index (χ1) is 24.8. The first-order valence-corrected chi connectivity index (χ1v) is 20.4. The number of aliphatic hydroxyl groups is 3. The number of aliphatic hydroxyl groups excluding tert-OH is 1. The van der Waals surface area contributed by atoms with E-state index in [4.69, 9.17) is 0 Å². The van der Waals surface area contributed by atoms with E-state index in [9.17, 15) is 15.3 Å². The molecule has 0 aliphatic carbocycles. The molecule has 6 aliphatic heterocycles. The third kappa shape index (κ3) is 8.15. The quantitative estimate of drug-likeness (QED) is 0.160. The highest BCUT2D eigenvalue weighted by Crippen LogP contribution is 2.58. The van der Waals surface area contributed by atoms with Crippen LogP contribution in [0.2, 0.25) is 0 Å². The van der Waals surface area contributed by atoms with Crippen LogP contribution in [0.3, 0.4) is 0 Å². The zero-order valence-corrected chi connectivity index (χ0v) is 37.8. The van der Waals surface area contributed by atoms with E-state index >= 15 is 0 Å². The molecular weight excluding hydrogens is 936 g/mol. The number of halogens is 4. The molecule has 4 aromatic carbocycles. The second-order valence-corrected chi connectivity index (χ2v) is 17.0. The lowest BCUT2D eigenvalue weighted by molar-refractivity contribution is -0.946. The summed E-state index contributed by atoms with van der Waals surface area (Å²) in [5, 5.41) is 35.1. The third-order valence-corrected chi connectivity index (χ3v) is 14.6. The molecule has 6 heterocycles. The van der Waals surface area contributed by atoms with Crippen molar-refractivity contribution < 1.29 is 58.2 Å². The summed E-state index contributed by atoms with van der Waals surface area (Å²) >= 11 is 3.60. The molecule has 54 heavy (non-hydrogen) atoms. The Morgan fingerprint density at radius 1 is 0.481 bits per heavy atom. The van der Waals surface area contributed by atoms with E-state index in [-0.39, 0.29) is 68.4 Å². The minimum absolute atomic E-state index is 0. The van der Waals surface area contributed by atoms with E-state index in [1.807, 2.05) is 48.5 Å². The lowest BCUT2D eigenvalue weighted by Crippen LogP contribution is -3.00. The van der Waals surface area contributed by atoms with Gasteiger partial charge in [-0.05, 0) is 22.3 Å². The van der Waals surface area contributed by atoms with Crippen LogP contribution in [0.4, 0.5) is 0 Å². The van der Waals surface area contributed by atoms with Crippen LogP contribution in [0.1, 0.15) is 67.2 Å². The number of fused-ring (bicyclic) bond motifs is 6. The molecule has 9 heteroatoms. The van der Waals surface area contributed by atoms with Crippen LogP contribution in [0.15, 0.2) is 121 Å². The highest BCUT2D eigenvalue weighted by atomic mass is 79.9. The van der Waals surface area contributed by atoms with E-state index in [0.717, 1.165) is 96.8 Å². The second kappa shape index (κ2) is 18.9. The Labute approximate surface area is 363 Å². The Morgan fingerprint density at radius 3 is 0.981 bits per heavy atom.